The van der Waals surface area contributed by atoms with Gasteiger partial charge in [0.1, 0.15) is 23.4 Å². The standard InChI is InChI=1S/C29H47N3O5/c1-8-10-11-17-30-26(34)25(21-15-16-23(33)20(4)18-21)32(22-13-12-14-22)27(35)24(19(3)9-2)31-28(36)37-29(5,6)7/h15-16,18-19,22,24-25,33H,8-14,17H2,1-7H3,(H,30,34)(H,31,36). The van der Waals surface area contributed by atoms with Gasteiger partial charge in [-0.05, 0) is 82.6 Å². The number of aryl methyl sites for hydroxylation is 1. The van der Waals surface area contributed by atoms with E-state index in [1.54, 1.807) is 50.8 Å². The Morgan fingerprint density at radius 2 is 1.84 bits per heavy atom. The number of amides is 3. The molecular weight excluding hydrogens is 470 g/mol. The predicted octanol–water partition coefficient (Wildman–Crippen LogP) is 5.37. The van der Waals surface area contributed by atoms with E-state index in [4.69, 9.17) is 4.74 Å². The van der Waals surface area contributed by atoms with Crippen LogP contribution in [0.5, 0.6) is 5.75 Å². The van der Waals surface area contributed by atoms with Gasteiger partial charge in [-0.15, -0.1) is 0 Å². The van der Waals surface area contributed by atoms with E-state index in [0.29, 0.717) is 24.1 Å². The van der Waals surface area contributed by atoms with Gasteiger partial charge in [-0.25, -0.2) is 4.79 Å². The van der Waals surface area contributed by atoms with Gasteiger partial charge < -0.3 is 25.4 Å². The molecule has 1 aromatic carbocycles. The minimum atomic E-state index is -0.870. The number of rotatable bonds is 12. The molecule has 208 valence electrons. The zero-order valence-electron chi connectivity index (χ0n) is 23.7. The van der Waals surface area contributed by atoms with Crippen LogP contribution in [-0.4, -0.2) is 52.1 Å². The molecule has 37 heavy (non-hydrogen) atoms. The minimum absolute atomic E-state index is 0.111. The van der Waals surface area contributed by atoms with Crippen LogP contribution in [0.2, 0.25) is 0 Å². The van der Waals surface area contributed by atoms with Crippen LogP contribution in [0.1, 0.15) is 104 Å². The lowest BCUT2D eigenvalue weighted by Gasteiger charge is -2.44. The van der Waals surface area contributed by atoms with Gasteiger partial charge in [0.05, 0.1) is 0 Å². The number of hydrogen-bond acceptors (Lipinski definition) is 5. The number of nitrogens with zero attached hydrogens (tertiary/aromatic N) is 1. The SMILES string of the molecule is CCCCCNC(=O)C(c1ccc(O)c(C)c1)N(C(=O)C(NC(=O)OC(C)(C)C)C(C)CC)C1CCC1. The lowest BCUT2D eigenvalue weighted by molar-refractivity contribution is -0.148. The normalized spacial score (nSPS) is 16.2. The molecule has 0 aromatic heterocycles. The van der Waals surface area contributed by atoms with E-state index < -0.39 is 23.8 Å². The Morgan fingerprint density at radius 3 is 2.35 bits per heavy atom. The highest BCUT2D eigenvalue weighted by Crippen LogP contribution is 2.35. The molecule has 1 fully saturated rings. The quantitative estimate of drug-likeness (QED) is 0.323. The van der Waals surface area contributed by atoms with E-state index in [9.17, 15) is 19.5 Å². The molecule has 0 spiro atoms. The van der Waals surface area contributed by atoms with Crippen molar-refractivity contribution in [2.45, 2.75) is 117 Å². The van der Waals surface area contributed by atoms with Crippen LogP contribution < -0.4 is 10.6 Å². The Kier molecular flexibility index (Phi) is 11.3. The molecule has 1 aliphatic rings. The van der Waals surface area contributed by atoms with E-state index in [1.807, 2.05) is 13.8 Å². The number of hydrogen-bond donors (Lipinski definition) is 3. The summed E-state index contributed by atoms with van der Waals surface area (Å²) in [7, 11) is 0. The van der Waals surface area contributed by atoms with Crippen molar-refractivity contribution in [3.8, 4) is 5.75 Å². The predicted molar refractivity (Wildman–Crippen MR) is 145 cm³/mol. The second kappa shape index (κ2) is 13.7. The molecule has 0 saturated heterocycles. The number of phenolic OH excluding ortho intramolecular Hbond substituents is 1. The summed E-state index contributed by atoms with van der Waals surface area (Å²) in [5, 5.41) is 16.0. The fourth-order valence-electron chi connectivity index (χ4n) is 4.43. The number of nitrogens with one attached hydrogen (secondary N) is 2. The third-order valence-electron chi connectivity index (χ3n) is 7.02. The van der Waals surface area contributed by atoms with Crippen LogP contribution in [0.25, 0.3) is 0 Å². The van der Waals surface area contributed by atoms with E-state index in [2.05, 4.69) is 17.6 Å². The monoisotopic (exact) mass is 517 g/mol. The molecular formula is C29H47N3O5. The Balaban J connectivity index is 2.48. The number of benzene rings is 1. The van der Waals surface area contributed by atoms with Crippen LogP contribution in [0.3, 0.4) is 0 Å². The second-order valence-electron chi connectivity index (χ2n) is 11.3. The lowest BCUT2D eigenvalue weighted by atomic mass is 9.86. The van der Waals surface area contributed by atoms with Gasteiger partial charge in [-0.2, -0.15) is 0 Å². The molecule has 3 unspecified atom stereocenters. The highest BCUT2D eigenvalue weighted by molar-refractivity contribution is 5.92. The Morgan fingerprint density at radius 1 is 1.16 bits per heavy atom. The van der Waals surface area contributed by atoms with Crippen LogP contribution in [0, 0.1) is 12.8 Å². The third kappa shape index (κ3) is 8.64. The Hall–Kier alpha value is -2.77. The van der Waals surface area contributed by atoms with Crippen molar-refractivity contribution in [1.29, 1.82) is 0 Å². The minimum Gasteiger partial charge on any atom is -0.508 e. The molecule has 8 nitrogen and oxygen atoms in total. The van der Waals surface area contributed by atoms with E-state index in [0.717, 1.165) is 38.5 Å². The molecule has 0 bridgehead atoms. The van der Waals surface area contributed by atoms with Crippen molar-refractivity contribution in [1.82, 2.24) is 15.5 Å². The first-order chi connectivity index (χ1) is 17.4. The van der Waals surface area contributed by atoms with Crippen molar-refractivity contribution in [3.63, 3.8) is 0 Å². The number of carbonyl (C=O) groups excluding carboxylic acids is 3. The molecule has 1 saturated carbocycles. The maximum atomic E-state index is 14.3. The number of unbranched alkanes of at least 4 members (excludes halogenated alkanes) is 2. The molecule has 0 aliphatic heterocycles. The summed E-state index contributed by atoms with van der Waals surface area (Å²) in [6.45, 7) is 13.6. The molecule has 3 N–H and O–H groups in total. The van der Waals surface area contributed by atoms with Crippen molar-refractivity contribution in [3.05, 3.63) is 29.3 Å². The van der Waals surface area contributed by atoms with Crippen LogP contribution in [0.4, 0.5) is 4.79 Å². The van der Waals surface area contributed by atoms with E-state index in [-0.39, 0.29) is 29.5 Å². The topological polar surface area (TPSA) is 108 Å². The number of alkyl carbamates (subject to hydrolysis) is 1. The summed E-state index contributed by atoms with van der Waals surface area (Å²) >= 11 is 0. The summed E-state index contributed by atoms with van der Waals surface area (Å²) in [4.78, 5) is 42.3. The maximum absolute atomic E-state index is 14.3. The first-order valence-corrected chi connectivity index (χ1v) is 13.8. The number of carbonyl (C=O) groups is 3. The van der Waals surface area contributed by atoms with Gasteiger partial charge >= 0.3 is 6.09 Å². The average molecular weight is 518 g/mol. The summed E-state index contributed by atoms with van der Waals surface area (Å²) in [5.74, 6) is -0.570. The van der Waals surface area contributed by atoms with E-state index in [1.165, 1.54) is 0 Å². The molecule has 0 radical (unpaired) electrons. The number of phenols is 1. The largest absolute Gasteiger partial charge is 0.508 e. The van der Waals surface area contributed by atoms with E-state index >= 15 is 0 Å². The fourth-order valence-corrected chi connectivity index (χ4v) is 4.43. The third-order valence-corrected chi connectivity index (χ3v) is 7.02. The summed E-state index contributed by atoms with van der Waals surface area (Å²) in [6.07, 6.45) is 5.47. The Labute approximate surface area is 222 Å². The van der Waals surface area contributed by atoms with Gasteiger partial charge in [-0.3, -0.25) is 9.59 Å². The first kappa shape index (κ1) is 30.5. The smallest absolute Gasteiger partial charge is 0.408 e. The number of aromatic hydroxyl groups is 1. The molecule has 1 aromatic rings. The first-order valence-electron chi connectivity index (χ1n) is 13.8. The molecule has 8 heteroatoms. The average Bonchev–Trinajstić information content (AvgIpc) is 2.78. The zero-order valence-corrected chi connectivity index (χ0v) is 23.7. The van der Waals surface area contributed by atoms with Crippen LogP contribution in [0.15, 0.2) is 18.2 Å². The molecule has 2 rings (SSSR count). The highest BCUT2D eigenvalue weighted by atomic mass is 16.6. The summed E-state index contributed by atoms with van der Waals surface area (Å²) < 4.78 is 5.46. The maximum Gasteiger partial charge on any atom is 0.408 e. The van der Waals surface area contributed by atoms with Crippen LogP contribution in [-0.2, 0) is 14.3 Å². The second-order valence-corrected chi connectivity index (χ2v) is 11.3. The summed E-state index contributed by atoms with van der Waals surface area (Å²) in [5.41, 5.74) is 0.571. The van der Waals surface area contributed by atoms with Crippen molar-refractivity contribution >= 4 is 17.9 Å². The molecule has 3 amide bonds. The van der Waals surface area contributed by atoms with Gasteiger partial charge in [0, 0.05) is 12.6 Å². The summed E-state index contributed by atoms with van der Waals surface area (Å²) in [6, 6.07) is 3.22. The van der Waals surface area contributed by atoms with Gasteiger partial charge in [0.15, 0.2) is 0 Å². The van der Waals surface area contributed by atoms with Crippen molar-refractivity contribution in [2.24, 2.45) is 5.92 Å². The van der Waals surface area contributed by atoms with Crippen LogP contribution >= 0.6 is 0 Å². The number of ether oxygens (including phenoxy) is 1. The van der Waals surface area contributed by atoms with Gasteiger partial charge in [0.2, 0.25) is 11.8 Å². The lowest BCUT2D eigenvalue weighted by Crippen LogP contribution is -2.59. The highest BCUT2D eigenvalue weighted by Gasteiger charge is 2.43. The zero-order chi connectivity index (χ0) is 27.8. The van der Waals surface area contributed by atoms with Gasteiger partial charge in [0.25, 0.3) is 0 Å². The molecule has 1 aliphatic carbocycles. The van der Waals surface area contributed by atoms with Crippen molar-refractivity contribution in [2.75, 3.05) is 6.54 Å². The van der Waals surface area contributed by atoms with Gasteiger partial charge in [-0.1, -0.05) is 46.1 Å². The molecule has 3 atom stereocenters. The van der Waals surface area contributed by atoms with Crippen molar-refractivity contribution < 1.29 is 24.2 Å². The fraction of sp³-hybridized carbons (Fsp3) is 0.690. The Bertz CT molecular complexity index is 923. The molecule has 0 heterocycles.